The molecule has 2 rings (SSSR count). The monoisotopic (exact) mass is 277 g/mol. The van der Waals surface area contributed by atoms with Crippen LogP contribution in [0.1, 0.15) is 18.5 Å². The molecule has 1 unspecified atom stereocenters. The molecule has 0 amide bonds. The highest BCUT2D eigenvalue weighted by Crippen LogP contribution is 2.19. The molecular weight excluding hydrogens is 262 g/mol. The van der Waals surface area contributed by atoms with Gasteiger partial charge in [-0.1, -0.05) is 30.3 Å². The van der Waals surface area contributed by atoms with Gasteiger partial charge in [-0.2, -0.15) is 0 Å². The highest BCUT2D eigenvalue weighted by molar-refractivity contribution is 7.89. The molecule has 0 bridgehead atoms. The Morgan fingerprint density at radius 2 is 1.84 bits per heavy atom. The molecule has 2 aromatic rings. The molecule has 1 aromatic carbocycles. The lowest BCUT2D eigenvalue weighted by molar-refractivity contribution is 0.567. The van der Waals surface area contributed by atoms with Crippen molar-refractivity contribution in [1.82, 2.24) is 9.71 Å². The fraction of sp³-hybridized carbons (Fsp3) is 0.154. The van der Waals surface area contributed by atoms with Gasteiger partial charge in [0.1, 0.15) is 10.7 Å². The number of pyridine rings is 1. The smallest absolute Gasteiger partial charge is 0.244 e. The first-order valence-corrected chi connectivity index (χ1v) is 7.27. The molecule has 0 aliphatic heterocycles. The highest BCUT2D eigenvalue weighted by Gasteiger charge is 2.20. The lowest BCUT2D eigenvalue weighted by Gasteiger charge is -2.15. The van der Waals surface area contributed by atoms with E-state index in [1.165, 1.54) is 18.3 Å². The Bertz CT molecular complexity index is 657. The molecule has 0 aliphatic carbocycles. The minimum Gasteiger partial charge on any atom is -0.383 e. The molecule has 1 aromatic heterocycles. The van der Waals surface area contributed by atoms with Gasteiger partial charge in [0, 0.05) is 12.2 Å². The van der Waals surface area contributed by atoms with Crippen LogP contribution in [-0.2, 0) is 10.0 Å². The maximum Gasteiger partial charge on any atom is 0.244 e. The summed E-state index contributed by atoms with van der Waals surface area (Å²) in [4.78, 5) is 3.78. The van der Waals surface area contributed by atoms with Crippen LogP contribution in [0.4, 0.5) is 5.82 Å². The van der Waals surface area contributed by atoms with Crippen LogP contribution in [0.2, 0.25) is 0 Å². The molecule has 1 heterocycles. The minimum absolute atomic E-state index is 0.00205. The summed E-state index contributed by atoms with van der Waals surface area (Å²) >= 11 is 0. The zero-order valence-corrected chi connectivity index (χ0v) is 11.3. The first kappa shape index (κ1) is 13.5. The SMILES string of the molecule is CC(NS(=O)(=O)c1cccnc1N)c1ccccc1. The summed E-state index contributed by atoms with van der Waals surface area (Å²) < 4.78 is 27.0. The Hall–Kier alpha value is -1.92. The van der Waals surface area contributed by atoms with E-state index in [0.717, 1.165) is 5.56 Å². The van der Waals surface area contributed by atoms with Gasteiger partial charge in [0.15, 0.2) is 0 Å². The molecule has 3 N–H and O–H groups in total. The summed E-state index contributed by atoms with van der Waals surface area (Å²) in [6, 6.07) is 12.0. The summed E-state index contributed by atoms with van der Waals surface area (Å²) in [6.07, 6.45) is 1.45. The van der Waals surface area contributed by atoms with Crippen molar-refractivity contribution in [3.63, 3.8) is 0 Å². The number of sulfonamides is 1. The van der Waals surface area contributed by atoms with E-state index in [1.54, 1.807) is 6.92 Å². The molecule has 0 fully saturated rings. The molecule has 19 heavy (non-hydrogen) atoms. The Morgan fingerprint density at radius 1 is 1.16 bits per heavy atom. The maximum atomic E-state index is 12.2. The van der Waals surface area contributed by atoms with Gasteiger partial charge >= 0.3 is 0 Å². The van der Waals surface area contributed by atoms with Gasteiger partial charge in [0.2, 0.25) is 10.0 Å². The summed E-state index contributed by atoms with van der Waals surface area (Å²) in [5.74, 6) is -0.00439. The number of nitrogens with two attached hydrogens (primary N) is 1. The third kappa shape index (κ3) is 3.10. The number of rotatable bonds is 4. The van der Waals surface area contributed by atoms with Gasteiger partial charge in [-0.25, -0.2) is 18.1 Å². The molecule has 0 radical (unpaired) electrons. The van der Waals surface area contributed by atoms with Crippen LogP contribution < -0.4 is 10.5 Å². The quantitative estimate of drug-likeness (QED) is 0.890. The molecule has 6 heteroatoms. The Balaban J connectivity index is 2.26. The van der Waals surface area contributed by atoms with Crippen LogP contribution >= 0.6 is 0 Å². The largest absolute Gasteiger partial charge is 0.383 e. The normalized spacial score (nSPS) is 13.1. The van der Waals surface area contributed by atoms with Gasteiger partial charge in [0.05, 0.1) is 0 Å². The zero-order chi connectivity index (χ0) is 13.9. The molecule has 0 saturated heterocycles. The van der Waals surface area contributed by atoms with E-state index < -0.39 is 10.0 Å². The van der Waals surface area contributed by atoms with Crippen molar-refractivity contribution in [1.29, 1.82) is 0 Å². The molecule has 100 valence electrons. The summed E-state index contributed by atoms with van der Waals surface area (Å²) in [5, 5.41) is 0. The molecule has 0 aliphatic rings. The number of hydrogen-bond donors (Lipinski definition) is 2. The number of nitrogens with one attached hydrogen (secondary N) is 1. The standard InChI is InChI=1S/C13H15N3O2S/c1-10(11-6-3-2-4-7-11)16-19(17,18)12-8-5-9-15-13(12)14/h2-10,16H,1H3,(H2,14,15). The Labute approximate surface area is 112 Å². The molecule has 0 spiro atoms. The van der Waals surface area contributed by atoms with Crippen LogP contribution in [0.3, 0.4) is 0 Å². The number of nitrogen functional groups attached to an aromatic ring is 1. The second-order valence-corrected chi connectivity index (χ2v) is 5.82. The predicted octanol–water partition coefficient (Wildman–Crippen LogP) is 1.70. The van der Waals surface area contributed by atoms with Gasteiger partial charge in [-0.15, -0.1) is 0 Å². The van der Waals surface area contributed by atoms with E-state index in [1.807, 2.05) is 30.3 Å². The summed E-state index contributed by atoms with van der Waals surface area (Å²) in [5.41, 5.74) is 6.47. The Kier molecular flexibility index (Phi) is 3.82. The molecular formula is C13H15N3O2S. The van der Waals surface area contributed by atoms with Crippen LogP contribution in [0.15, 0.2) is 53.6 Å². The number of hydrogen-bond acceptors (Lipinski definition) is 4. The average Bonchev–Trinajstić information content (AvgIpc) is 2.39. The summed E-state index contributed by atoms with van der Waals surface area (Å²) in [7, 11) is -3.68. The second-order valence-electron chi connectivity index (χ2n) is 4.14. The molecule has 5 nitrogen and oxygen atoms in total. The topological polar surface area (TPSA) is 85.1 Å². The summed E-state index contributed by atoms with van der Waals surface area (Å²) in [6.45, 7) is 1.78. The maximum absolute atomic E-state index is 12.2. The van der Waals surface area contributed by atoms with Crippen LogP contribution in [0, 0.1) is 0 Å². The third-order valence-corrected chi connectivity index (χ3v) is 4.31. The number of nitrogens with zero attached hydrogens (tertiary/aromatic N) is 1. The average molecular weight is 277 g/mol. The van der Waals surface area contributed by atoms with E-state index in [-0.39, 0.29) is 16.8 Å². The van der Waals surface area contributed by atoms with Crippen LogP contribution in [-0.4, -0.2) is 13.4 Å². The van der Waals surface area contributed by atoms with Gasteiger partial charge in [-0.3, -0.25) is 0 Å². The van der Waals surface area contributed by atoms with Gasteiger partial charge < -0.3 is 5.73 Å². The van der Waals surface area contributed by atoms with Crippen molar-refractivity contribution in [2.75, 3.05) is 5.73 Å². The van der Waals surface area contributed by atoms with E-state index in [4.69, 9.17) is 5.73 Å². The van der Waals surface area contributed by atoms with E-state index >= 15 is 0 Å². The fourth-order valence-electron chi connectivity index (χ4n) is 1.74. The lowest BCUT2D eigenvalue weighted by atomic mass is 10.1. The number of anilines is 1. The van der Waals surface area contributed by atoms with Crippen molar-refractivity contribution in [2.45, 2.75) is 17.9 Å². The molecule has 1 atom stereocenters. The van der Waals surface area contributed by atoms with Crippen molar-refractivity contribution < 1.29 is 8.42 Å². The third-order valence-electron chi connectivity index (χ3n) is 2.72. The second kappa shape index (κ2) is 5.38. The highest BCUT2D eigenvalue weighted by atomic mass is 32.2. The van der Waals surface area contributed by atoms with E-state index in [2.05, 4.69) is 9.71 Å². The first-order valence-electron chi connectivity index (χ1n) is 5.78. The van der Waals surface area contributed by atoms with Crippen LogP contribution in [0.25, 0.3) is 0 Å². The first-order chi connectivity index (χ1) is 9.00. The van der Waals surface area contributed by atoms with Crippen molar-refractivity contribution >= 4 is 15.8 Å². The molecule has 0 saturated carbocycles. The Morgan fingerprint density at radius 3 is 2.47 bits per heavy atom. The van der Waals surface area contributed by atoms with Crippen molar-refractivity contribution in [2.24, 2.45) is 0 Å². The fourth-order valence-corrected chi connectivity index (χ4v) is 3.05. The minimum atomic E-state index is -3.68. The predicted molar refractivity (Wildman–Crippen MR) is 73.8 cm³/mol. The van der Waals surface area contributed by atoms with Crippen molar-refractivity contribution in [3.8, 4) is 0 Å². The number of aromatic nitrogens is 1. The van der Waals surface area contributed by atoms with E-state index in [9.17, 15) is 8.42 Å². The number of benzene rings is 1. The van der Waals surface area contributed by atoms with Crippen molar-refractivity contribution in [3.05, 3.63) is 54.2 Å². The zero-order valence-electron chi connectivity index (χ0n) is 10.4. The van der Waals surface area contributed by atoms with Crippen LogP contribution in [0.5, 0.6) is 0 Å². The van der Waals surface area contributed by atoms with E-state index in [0.29, 0.717) is 0 Å². The van der Waals surface area contributed by atoms with Gasteiger partial charge in [-0.05, 0) is 24.6 Å². The van der Waals surface area contributed by atoms with Gasteiger partial charge in [0.25, 0.3) is 0 Å². The lowest BCUT2D eigenvalue weighted by Crippen LogP contribution is -2.27.